The molecule has 9 heteroatoms. The van der Waals surface area contributed by atoms with Crippen LogP contribution < -0.4 is 5.32 Å². The fourth-order valence-corrected chi connectivity index (χ4v) is 4.46. The minimum absolute atomic E-state index is 0.178. The van der Waals surface area contributed by atoms with Gasteiger partial charge in [-0.05, 0) is 67.1 Å². The van der Waals surface area contributed by atoms with Crippen LogP contribution in [0.25, 0.3) is 0 Å². The van der Waals surface area contributed by atoms with Gasteiger partial charge in [0.2, 0.25) is 5.91 Å². The fraction of sp³-hybridized carbons (Fsp3) is 0.261. The number of piperidine rings is 1. The van der Waals surface area contributed by atoms with Gasteiger partial charge in [0, 0.05) is 48.9 Å². The van der Waals surface area contributed by atoms with E-state index in [0.717, 1.165) is 5.16 Å². The van der Waals surface area contributed by atoms with Crippen LogP contribution in [0.1, 0.15) is 23.2 Å². The van der Waals surface area contributed by atoms with E-state index in [1.807, 2.05) is 17.8 Å². The van der Waals surface area contributed by atoms with Gasteiger partial charge in [0.15, 0.2) is 5.16 Å². The average molecular weight is 457 g/mol. The van der Waals surface area contributed by atoms with E-state index in [0.29, 0.717) is 42.1 Å². The first-order valence-corrected chi connectivity index (χ1v) is 11.0. The van der Waals surface area contributed by atoms with Crippen LogP contribution in [0.5, 0.6) is 0 Å². The molecular formula is C23H22F2N4O2S. The molecule has 1 saturated heterocycles. The van der Waals surface area contributed by atoms with E-state index in [1.165, 1.54) is 48.2 Å². The Morgan fingerprint density at radius 1 is 1.06 bits per heavy atom. The van der Waals surface area contributed by atoms with Crippen LogP contribution in [0.2, 0.25) is 0 Å². The van der Waals surface area contributed by atoms with Crippen molar-refractivity contribution in [2.45, 2.75) is 22.9 Å². The van der Waals surface area contributed by atoms with E-state index in [2.05, 4.69) is 10.3 Å². The first-order chi connectivity index (χ1) is 15.4. The number of likely N-dealkylation sites (tertiary alicyclic amines) is 1. The van der Waals surface area contributed by atoms with Crippen LogP contribution in [-0.4, -0.2) is 39.4 Å². The Kier molecular flexibility index (Phi) is 6.55. The highest BCUT2D eigenvalue weighted by Crippen LogP contribution is 2.33. The molecule has 2 amide bonds. The molecule has 1 fully saturated rings. The normalized spacial score (nSPS) is 14.4. The summed E-state index contributed by atoms with van der Waals surface area (Å²) < 4.78 is 28.8. The molecule has 0 radical (unpaired) electrons. The van der Waals surface area contributed by atoms with Crippen molar-refractivity contribution in [3.63, 3.8) is 0 Å². The van der Waals surface area contributed by atoms with Crippen molar-refractivity contribution in [1.82, 2.24) is 14.5 Å². The maximum Gasteiger partial charge on any atom is 0.253 e. The first kappa shape index (κ1) is 22.0. The third kappa shape index (κ3) is 4.99. The van der Waals surface area contributed by atoms with Crippen LogP contribution in [0.4, 0.5) is 14.5 Å². The Labute approximate surface area is 188 Å². The number of nitrogens with one attached hydrogen (secondary N) is 1. The molecule has 0 bridgehead atoms. The second kappa shape index (κ2) is 9.52. The zero-order chi connectivity index (χ0) is 22.7. The summed E-state index contributed by atoms with van der Waals surface area (Å²) in [7, 11) is 1.86. The third-order valence-electron chi connectivity index (χ3n) is 5.42. The summed E-state index contributed by atoms with van der Waals surface area (Å²) in [6.07, 6.45) is 4.47. The number of imidazole rings is 1. The smallest absolute Gasteiger partial charge is 0.253 e. The number of carbonyl (C=O) groups excluding carboxylic acids is 2. The summed E-state index contributed by atoms with van der Waals surface area (Å²) in [6.45, 7) is 0.846. The largest absolute Gasteiger partial charge is 0.339 e. The molecule has 2 aromatic carbocycles. The Morgan fingerprint density at radius 2 is 1.75 bits per heavy atom. The van der Waals surface area contributed by atoms with E-state index in [9.17, 15) is 18.4 Å². The van der Waals surface area contributed by atoms with E-state index < -0.39 is 11.6 Å². The van der Waals surface area contributed by atoms with Crippen LogP contribution in [-0.2, 0) is 11.8 Å². The SMILES string of the molecule is Cn1ccnc1Sc1ccc(F)cc1NC(=O)C1CCN(C(=O)c2ccc(F)cc2)CC1. The van der Waals surface area contributed by atoms with Crippen molar-refractivity contribution < 1.29 is 18.4 Å². The van der Waals surface area contributed by atoms with E-state index in [-0.39, 0.29) is 17.7 Å². The van der Waals surface area contributed by atoms with Crippen molar-refractivity contribution in [2.75, 3.05) is 18.4 Å². The monoisotopic (exact) mass is 456 g/mol. The van der Waals surface area contributed by atoms with Crippen LogP contribution in [0.3, 0.4) is 0 Å². The maximum absolute atomic E-state index is 13.9. The summed E-state index contributed by atoms with van der Waals surface area (Å²) in [5.41, 5.74) is 0.817. The Bertz CT molecular complexity index is 1130. The second-order valence-electron chi connectivity index (χ2n) is 7.63. The molecule has 0 unspecified atom stereocenters. The van der Waals surface area contributed by atoms with Gasteiger partial charge in [0.25, 0.3) is 5.91 Å². The van der Waals surface area contributed by atoms with Gasteiger partial charge in [-0.15, -0.1) is 0 Å². The Balaban J connectivity index is 1.39. The van der Waals surface area contributed by atoms with Crippen molar-refractivity contribution >= 4 is 29.3 Å². The van der Waals surface area contributed by atoms with Crippen LogP contribution >= 0.6 is 11.8 Å². The highest BCUT2D eigenvalue weighted by atomic mass is 32.2. The molecule has 4 rings (SSSR count). The van der Waals surface area contributed by atoms with Crippen LogP contribution in [0, 0.1) is 17.6 Å². The standard InChI is InChI=1S/C23H22F2N4O2S/c1-28-13-10-26-23(28)32-20-7-6-18(25)14-19(20)27-21(30)15-8-11-29(12-9-15)22(31)16-2-4-17(24)5-3-16/h2-7,10,13-15H,8-9,11-12H2,1H3,(H,27,30). The molecule has 2 heterocycles. The number of benzene rings is 2. The zero-order valence-corrected chi connectivity index (χ0v) is 18.2. The van der Waals surface area contributed by atoms with Gasteiger partial charge >= 0.3 is 0 Å². The van der Waals surface area contributed by atoms with E-state index >= 15 is 0 Å². The van der Waals surface area contributed by atoms with Crippen LogP contribution in [0.15, 0.2) is 64.9 Å². The fourth-order valence-electron chi connectivity index (χ4n) is 3.59. The van der Waals surface area contributed by atoms with E-state index in [4.69, 9.17) is 0 Å². The highest BCUT2D eigenvalue weighted by Gasteiger charge is 2.28. The quantitative estimate of drug-likeness (QED) is 0.620. The topological polar surface area (TPSA) is 67.2 Å². The average Bonchev–Trinajstić information content (AvgIpc) is 3.20. The molecule has 32 heavy (non-hydrogen) atoms. The number of aryl methyl sites for hydroxylation is 1. The molecule has 6 nitrogen and oxygen atoms in total. The molecular weight excluding hydrogens is 434 g/mol. The molecule has 3 aromatic rings. The molecule has 0 aliphatic carbocycles. The number of rotatable bonds is 5. The zero-order valence-electron chi connectivity index (χ0n) is 17.4. The Hall–Kier alpha value is -3.20. The Morgan fingerprint density at radius 3 is 2.41 bits per heavy atom. The summed E-state index contributed by atoms with van der Waals surface area (Å²) in [4.78, 5) is 32.1. The summed E-state index contributed by atoms with van der Waals surface area (Å²) >= 11 is 1.34. The molecule has 0 spiro atoms. The number of aromatic nitrogens is 2. The molecule has 1 aromatic heterocycles. The molecule has 1 N–H and O–H groups in total. The summed E-state index contributed by atoms with van der Waals surface area (Å²) in [5.74, 6) is -1.51. The molecule has 1 aliphatic heterocycles. The lowest BCUT2D eigenvalue weighted by molar-refractivity contribution is -0.121. The van der Waals surface area contributed by atoms with Crippen molar-refractivity contribution in [3.05, 3.63) is 72.1 Å². The predicted molar refractivity (Wildman–Crippen MR) is 117 cm³/mol. The number of hydrogen-bond acceptors (Lipinski definition) is 4. The number of anilines is 1. The van der Waals surface area contributed by atoms with E-state index in [1.54, 1.807) is 17.2 Å². The van der Waals surface area contributed by atoms with Gasteiger partial charge in [-0.1, -0.05) is 0 Å². The van der Waals surface area contributed by atoms with Gasteiger partial charge < -0.3 is 14.8 Å². The van der Waals surface area contributed by atoms with Crippen molar-refractivity contribution in [3.8, 4) is 0 Å². The minimum atomic E-state index is -0.441. The van der Waals surface area contributed by atoms with Gasteiger partial charge in [0.05, 0.1) is 5.69 Å². The number of nitrogens with zero attached hydrogens (tertiary/aromatic N) is 3. The van der Waals surface area contributed by atoms with Gasteiger partial charge in [-0.3, -0.25) is 9.59 Å². The van der Waals surface area contributed by atoms with Gasteiger partial charge in [0.1, 0.15) is 11.6 Å². The summed E-state index contributed by atoms with van der Waals surface area (Å²) in [6, 6.07) is 9.70. The lowest BCUT2D eigenvalue weighted by Crippen LogP contribution is -2.41. The number of halogens is 2. The predicted octanol–water partition coefficient (Wildman–Crippen LogP) is 4.34. The number of hydrogen-bond donors (Lipinski definition) is 1. The number of carbonyl (C=O) groups is 2. The molecule has 0 atom stereocenters. The highest BCUT2D eigenvalue weighted by molar-refractivity contribution is 7.99. The summed E-state index contributed by atoms with van der Waals surface area (Å²) in [5, 5.41) is 3.57. The molecule has 166 valence electrons. The molecule has 0 saturated carbocycles. The maximum atomic E-state index is 13.9. The lowest BCUT2D eigenvalue weighted by atomic mass is 9.95. The second-order valence-corrected chi connectivity index (χ2v) is 8.63. The van der Waals surface area contributed by atoms with Crippen molar-refractivity contribution in [2.24, 2.45) is 13.0 Å². The lowest BCUT2D eigenvalue weighted by Gasteiger charge is -2.31. The van der Waals surface area contributed by atoms with Gasteiger partial charge in [-0.2, -0.15) is 0 Å². The number of amides is 2. The van der Waals surface area contributed by atoms with Crippen molar-refractivity contribution in [1.29, 1.82) is 0 Å². The first-order valence-electron chi connectivity index (χ1n) is 10.2. The van der Waals surface area contributed by atoms with Gasteiger partial charge in [-0.25, -0.2) is 13.8 Å². The molecule has 1 aliphatic rings. The minimum Gasteiger partial charge on any atom is -0.339 e. The third-order valence-corrected chi connectivity index (χ3v) is 6.57.